The molecule has 128 valence electrons. The molecule has 1 unspecified atom stereocenters. The van der Waals surface area contributed by atoms with Crippen LogP contribution in [0.1, 0.15) is 19.3 Å². The summed E-state index contributed by atoms with van der Waals surface area (Å²) in [6.07, 6.45) is -0.700. The van der Waals surface area contributed by atoms with Gasteiger partial charge in [-0.15, -0.1) is 0 Å². The van der Waals surface area contributed by atoms with Crippen LogP contribution in [0.5, 0.6) is 0 Å². The third-order valence-electron chi connectivity index (χ3n) is 4.25. The van der Waals surface area contributed by atoms with E-state index in [4.69, 9.17) is 21.4 Å². The molecule has 0 bridgehead atoms. The molecule has 7 nitrogen and oxygen atoms in total. The second-order valence-electron chi connectivity index (χ2n) is 5.82. The number of ether oxygens (including phenoxy) is 1. The van der Waals surface area contributed by atoms with Gasteiger partial charge in [0.1, 0.15) is 12.1 Å². The van der Waals surface area contributed by atoms with E-state index in [2.05, 4.69) is 5.32 Å². The summed E-state index contributed by atoms with van der Waals surface area (Å²) in [6.45, 7) is 0.455. The lowest BCUT2D eigenvalue weighted by molar-refractivity contribution is -0.152. The smallest absolute Gasteiger partial charge is 0.332 e. The summed E-state index contributed by atoms with van der Waals surface area (Å²) in [4.78, 5) is 37.1. The summed E-state index contributed by atoms with van der Waals surface area (Å²) in [5, 5.41) is 12.0. The van der Waals surface area contributed by atoms with Gasteiger partial charge in [-0.3, -0.25) is 9.59 Å². The van der Waals surface area contributed by atoms with Gasteiger partial charge in [-0.1, -0.05) is 23.7 Å². The largest absolute Gasteiger partial charge is 0.479 e. The van der Waals surface area contributed by atoms with Crippen molar-refractivity contribution in [1.29, 1.82) is 0 Å². The van der Waals surface area contributed by atoms with Gasteiger partial charge in [0.25, 0.3) is 0 Å². The average Bonchev–Trinajstić information content (AvgIpc) is 3.17. The monoisotopic (exact) mass is 352 g/mol. The topological polar surface area (TPSA) is 95.9 Å². The van der Waals surface area contributed by atoms with Crippen LogP contribution in [0.2, 0.25) is 5.02 Å². The van der Waals surface area contributed by atoms with Gasteiger partial charge >= 0.3 is 5.97 Å². The predicted molar refractivity (Wildman–Crippen MR) is 85.9 cm³/mol. The van der Waals surface area contributed by atoms with E-state index in [0.29, 0.717) is 30.1 Å². The Bertz CT molecular complexity index is 680. The molecule has 2 saturated heterocycles. The van der Waals surface area contributed by atoms with Gasteiger partial charge in [0, 0.05) is 6.54 Å². The number of aliphatic carboxylic acids is 1. The molecule has 24 heavy (non-hydrogen) atoms. The highest BCUT2D eigenvalue weighted by atomic mass is 35.5. The summed E-state index contributed by atoms with van der Waals surface area (Å²) < 4.78 is 5.20. The first-order valence-electron chi connectivity index (χ1n) is 7.72. The molecule has 2 aliphatic rings. The van der Waals surface area contributed by atoms with Crippen molar-refractivity contribution in [3.8, 4) is 0 Å². The number of hydrogen-bond donors (Lipinski definition) is 2. The summed E-state index contributed by atoms with van der Waals surface area (Å²) >= 11 is 6.12. The molecule has 2 heterocycles. The summed E-state index contributed by atoms with van der Waals surface area (Å²) in [5.41, 5.74) is 0.615. The number of carbonyl (C=O) groups is 3. The molecule has 1 aromatic carbocycles. The minimum atomic E-state index is -1.08. The molecule has 2 aliphatic heterocycles. The molecule has 2 fully saturated rings. The molecule has 0 spiro atoms. The lowest BCUT2D eigenvalue weighted by Crippen LogP contribution is -2.46. The normalized spacial score (nSPS) is 26.6. The highest BCUT2D eigenvalue weighted by Crippen LogP contribution is 2.29. The quantitative estimate of drug-likeness (QED) is 0.848. The number of halogens is 1. The van der Waals surface area contributed by atoms with Crippen LogP contribution in [0.4, 0.5) is 5.69 Å². The minimum Gasteiger partial charge on any atom is -0.479 e. The maximum Gasteiger partial charge on any atom is 0.332 e. The van der Waals surface area contributed by atoms with Crippen LogP contribution in [-0.4, -0.2) is 47.7 Å². The molecule has 2 N–H and O–H groups in total. The van der Waals surface area contributed by atoms with Gasteiger partial charge in [0.05, 0.1) is 10.7 Å². The molecule has 3 rings (SSSR count). The van der Waals surface area contributed by atoms with Gasteiger partial charge in [-0.2, -0.15) is 0 Å². The minimum absolute atomic E-state index is 0.232. The van der Waals surface area contributed by atoms with E-state index in [-0.39, 0.29) is 12.3 Å². The molecule has 0 aromatic heterocycles. The fourth-order valence-electron chi connectivity index (χ4n) is 3.00. The van der Waals surface area contributed by atoms with Gasteiger partial charge in [-0.05, 0) is 31.4 Å². The number of carboxylic acids is 1. The van der Waals surface area contributed by atoms with Gasteiger partial charge in [-0.25, -0.2) is 4.79 Å². The first kappa shape index (κ1) is 16.7. The number of rotatable bonds is 4. The highest BCUT2D eigenvalue weighted by Gasteiger charge is 2.39. The van der Waals surface area contributed by atoms with E-state index >= 15 is 0 Å². The zero-order valence-electron chi connectivity index (χ0n) is 12.8. The van der Waals surface area contributed by atoms with E-state index < -0.39 is 30.1 Å². The van der Waals surface area contributed by atoms with Crippen LogP contribution >= 0.6 is 11.6 Å². The summed E-state index contributed by atoms with van der Waals surface area (Å²) in [7, 11) is 0. The number of para-hydroxylation sites is 1. The third-order valence-corrected chi connectivity index (χ3v) is 4.57. The van der Waals surface area contributed by atoms with Crippen molar-refractivity contribution < 1.29 is 24.2 Å². The van der Waals surface area contributed by atoms with Crippen molar-refractivity contribution in [3.05, 3.63) is 29.3 Å². The Labute approximate surface area is 143 Å². The molecule has 0 radical (unpaired) electrons. The van der Waals surface area contributed by atoms with Crippen molar-refractivity contribution in [2.45, 2.75) is 37.5 Å². The summed E-state index contributed by atoms with van der Waals surface area (Å²) in [5.74, 6) is -1.76. The molecular weight excluding hydrogens is 336 g/mol. The number of amides is 2. The molecule has 0 aliphatic carbocycles. The van der Waals surface area contributed by atoms with Crippen LogP contribution < -0.4 is 10.2 Å². The number of nitrogens with one attached hydrogen (secondary N) is 1. The van der Waals surface area contributed by atoms with E-state index in [0.717, 1.165) is 0 Å². The van der Waals surface area contributed by atoms with Crippen LogP contribution in [0.25, 0.3) is 0 Å². The first-order valence-corrected chi connectivity index (χ1v) is 8.09. The third kappa shape index (κ3) is 3.22. The molecule has 8 heteroatoms. The zero-order valence-corrected chi connectivity index (χ0v) is 13.5. The Morgan fingerprint density at radius 2 is 1.92 bits per heavy atom. The maximum atomic E-state index is 12.5. The van der Waals surface area contributed by atoms with Crippen LogP contribution in [0.3, 0.4) is 0 Å². The Morgan fingerprint density at radius 1 is 1.21 bits per heavy atom. The van der Waals surface area contributed by atoms with Crippen LogP contribution in [-0.2, 0) is 19.1 Å². The number of nitrogens with zero attached hydrogens (tertiary/aromatic N) is 1. The number of anilines is 1. The van der Waals surface area contributed by atoms with Crippen LogP contribution in [0, 0.1) is 0 Å². The number of hydrogen-bond acceptors (Lipinski definition) is 4. The zero-order chi connectivity index (χ0) is 17.3. The fraction of sp³-hybridized carbons (Fsp3) is 0.438. The number of benzene rings is 1. The highest BCUT2D eigenvalue weighted by molar-refractivity contribution is 6.34. The summed E-state index contributed by atoms with van der Waals surface area (Å²) in [6, 6.07) is 6.37. The Hall–Kier alpha value is -2.12. The van der Waals surface area contributed by atoms with E-state index in [1.54, 1.807) is 29.2 Å². The SMILES string of the molecule is O=C(NC1CCN(c2ccccc2Cl)C1=O)[C@@H]1CC[C@H](C(=O)O)O1. The number of carbonyl (C=O) groups excluding carboxylic acids is 2. The van der Waals surface area contributed by atoms with Crippen molar-refractivity contribution in [3.63, 3.8) is 0 Å². The lowest BCUT2D eigenvalue weighted by Gasteiger charge is -2.19. The number of carboxylic acid groups (broad SMARTS) is 1. The molecule has 1 aromatic rings. The van der Waals surface area contributed by atoms with Crippen molar-refractivity contribution in [1.82, 2.24) is 5.32 Å². The molecule has 3 atom stereocenters. The van der Waals surface area contributed by atoms with Crippen LogP contribution in [0.15, 0.2) is 24.3 Å². The molecular formula is C16H17ClN2O5. The maximum absolute atomic E-state index is 12.5. The van der Waals surface area contributed by atoms with Crippen molar-refractivity contribution in [2.24, 2.45) is 0 Å². The van der Waals surface area contributed by atoms with Crippen molar-refractivity contribution in [2.75, 3.05) is 11.4 Å². The Kier molecular flexibility index (Phi) is 4.73. The standard InChI is InChI=1S/C16H17ClN2O5/c17-9-3-1-2-4-11(9)19-8-7-10(15(19)21)18-14(20)12-5-6-13(24-12)16(22)23/h1-4,10,12-13H,5-8H2,(H,18,20)(H,22,23)/t10?,12-,13+/m0/s1. The first-order chi connectivity index (χ1) is 11.5. The van der Waals surface area contributed by atoms with E-state index in [1.807, 2.05) is 0 Å². The average molecular weight is 353 g/mol. The molecule has 2 amide bonds. The second-order valence-corrected chi connectivity index (χ2v) is 6.23. The van der Waals surface area contributed by atoms with Crippen molar-refractivity contribution >= 4 is 35.1 Å². The van der Waals surface area contributed by atoms with E-state index in [1.165, 1.54) is 0 Å². The fourth-order valence-corrected chi connectivity index (χ4v) is 3.24. The second kappa shape index (κ2) is 6.78. The lowest BCUT2D eigenvalue weighted by atomic mass is 10.1. The van der Waals surface area contributed by atoms with E-state index in [9.17, 15) is 14.4 Å². The van der Waals surface area contributed by atoms with Gasteiger partial charge in [0.15, 0.2) is 6.10 Å². The Morgan fingerprint density at radius 3 is 2.58 bits per heavy atom. The van der Waals surface area contributed by atoms with Gasteiger partial charge < -0.3 is 20.1 Å². The van der Waals surface area contributed by atoms with Gasteiger partial charge in [0.2, 0.25) is 11.8 Å². The Balaban J connectivity index is 1.61. The molecule has 0 saturated carbocycles. The predicted octanol–water partition coefficient (Wildman–Crippen LogP) is 1.19.